The van der Waals surface area contributed by atoms with Crippen LogP contribution < -0.4 is 9.83 Å². The summed E-state index contributed by atoms with van der Waals surface area (Å²) in [6.07, 6.45) is -1.31. The van der Waals surface area contributed by atoms with Crippen molar-refractivity contribution < 1.29 is 32.4 Å². The molecule has 0 spiro atoms. The molecule has 4 rings (SSSR count). The third-order valence-corrected chi connectivity index (χ3v) is 9.99. The van der Waals surface area contributed by atoms with Crippen molar-refractivity contribution in [3.63, 3.8) is 0 Å². The number of nitrogens with one attached hydrogen (secondary N) is 1. The molecule has 2 aromatic rings. The summed E-state index contributed by atoms with van der Waals surface area (Å²) in [5.74, 6) is -0.994. The van der Waals surface area contributed by atoms with Crippen LogP contribution in [0.3, 0.4) is 0 Å². The van der Waals surface area contributed by atoms with Crippen LogP contribution in [-0.4, -0.2) is 66.4 Å². The number of hydrogen-bond donors (Lipinski definition) is 1. The number of carbonyl (C=O) groups is 3. The lowest BCUT2D eigenvalue weighted by Crippen LogP contribution is -2.72. The van der Waals surface area contributed by atoms with Gasteiger partial charge in [-0.15, -0.1) is 0 Å². The van der Waals surface area contributed by atoms with E-state index in [0.717, 1.165) is 4.90 Å². The summed E-state index contributed by atoms with van der Waals surface area (Å²) in [5.41, 5.74) is -0.391. The first-order chi connectivity index (χ1) is 16.7. The maximum atomic E-state index is 13.2. The van der Waals surface area contributed by atoms with Gasteiger partial charge in [0.1, 0.15) is 12.6 Å². The van der Waals surface area contributed by atoms with Crippen molar-refractivity contribution in [3.05, 3.63) is 62.5 Å². The number of quaternary nitrogens is 1. The van der Waals surface area contributed by atoms with Gasteiger partial charge in [-0.1, -0.05) is 28.1 Å². The molecule has 2 aromatic carbocycles. The maximum Gasteiger partial charge on any atom is 0.261 e. The number of rotatable bonds is 5. The molecule has 1 N–H and O–H groups in total. The second-order valence-corrected chi connectivity index (χ2v) is 13.5. The summed E-state index contributed by atoms with van der Waals surface area (Å²) in [4.78, 5) is 39.8. The van der Waals surface area contributed by atoms with Crippen LogP contribution in [-0.2, 0) is 10.0 Å². The lowest BCUT2D eigenvalue weighted by atomic mass is 9.99. The number of carboxylic acid groups (broad SMARTS) is 1. The maximum absolute atomic E-state index is 13.2. The van der Waals surface area contributed by atoms with E-state index >= 15 is 0 Å². The summed E-state index contributed by atoms with van der Waals surface area (Å²) in [6.45, 7) is 4.88. The Kier molecular flexibility index (Phi) is 6.97. The molecule has 1 fully saturated rings. The molecule has 0 aliphatic carbocycles. The lowest BCUT2D eigenvalue weighted by molar-refractivity contribution is -0.929. The Hall–Kier alpha value is -2.12. The SMILES string of the molecule is CC(C)(C)[N+]1(C(=O)[O-])C[C@H](NS(=O)(=O)c2cc(Br)ccc2Br)C[C@@H]1CN1C(=O)c2ccccc2C1=O. The van der Waals surface area contributed by atoms with Gasteiger partial charge in [0.15, 0.2) is 0 Å². The minimum atomic E-state index is -4.03. The number of sulfonamides is 1. The first-order valence-electron chi connectivity index (χ1n) is 11.2. The summed E-state index contributed by atoms with van der Waals surface area (Å²) >= 11 is 6.54. The molecule has 192 valence electrons. The number of carbonyl (C=O) groups excluding carboxylic acids is 3. The van der Waals surface area contributed by atoms with Gasteiger partial charge in [-0.05, 0) is 67.0 Å². The number of halogens is 2. The van der Waals surface area contributed by atoms with Crippen molar-refractivity contribution in [2.45, 2.75) is 49.7 Å². The van der Waals surface area contributed by atoms with Crippen molar-refractivity contribution in [3.8, 4) is 0 Å². The average molecular weight is 643 g/mol. The van der Waals surface area contributed by atoms with Gasteiger partial charge in [0.05, 0.1) is 34.1 Å². The zero-order valence-corrected chi connectivity index (χ0v) is 23.8. The highest BCUT2D eigenvalue weighted by molar-refractivity contribution is 9.11. The van der Waals surface area contributed by atoms with Crippen LogP contribution in [0, 0.1) is 0 Å². The van der Waals surface area contributed by atoms with Crippen molar-refractivity contribution in [1.29, 1.82) is 0 Å². The Bertz CT molecular complexity index is 1340. The average Bonchev–Trinajstić information content (AvgIpc) is 3.27. The Morgan fingerprint density at radius 2 is 1.69 bits per heavy atom. The van der Waals surface area contributed by atoms with E-state index in [0.29, 0.717) is 8.95 Å². The minimum Gasteiger partial charge on any atom is -0.498 e. The van der Waals surface area contributed by atoms with Crippen molar-refractivity contribution in [2.24, 2.45) is 0 Å². The van der Waals surface area contributed by atoms with Gasteiger partial charge in [0, 0.05) is 15.4 Å². The normalized spacial score (nSPS) is 24.3. The Morgan fingerprint density at radius 3 is 2.22 bits per heavy atom. The van der Waals surface area contributed by atoms with Crippen LogP contribution in [0.1, 0.15) is 47.9 Å². The first-order valence-corrected chi connectivity index (χ1v) is 14.3. The second-order valence-electron chi connectivity index (χ2n) is 10.0. The van der Waals surface area contributed by atoms with Crippen LogP contribution in [0.5, 0.6) is 0 Å². The highest BCUT2D eigenvalue weighted by Gasteiger charge is 2.57. The zero-order chi connectivity index (χ0) is 26.6. The molecule has 0 saturated carbocycles. The fourth-order valence-electron chi connectivity index (χ4n) is 5.28. The smallest absolute Gasteiger partial charge is 0.261 e. The zero-order valence-electron chi connectivity index (χ0n) is 19.8. The molecule has 9 nitrogen and oxygen atoms in total. The molecule has 12 heteroatoms. The number of nitrogens with zero attached hydrogens (tertiary/aromatic N) is 2. The quantitative estimate of drug-likeness (QED) is 0.395. The molecule has 2 aliphatic heterocycles. The number of fused-ring (bicyclic) bond motifs is 1. The highest BCUT2D eigenvalue weighted by atomic mass is 79.9. The third-order valence-electron chi connectivity index (χ3n) is 6.99. The molecule has 1 unspecified atom stereocenters. The van der Waals surface area contributed by atoms with Gasteiger partial charge >= 0.3 is 0 Å². The molecule has 0 aromatic heterocycles. The molecule has 2 heterocycles. The predicted molar refractivity (Wildman–Crippen MR) is 136 cm³/mol. The number of imide groups is 1. The van der Waals surface area contributed by atoms with E-state index in [2.05, 4.69) is 36.6 Å². The first kappa shape index (κ1) is 26.9. The molecule has 36 heavy (non-hydrogen) atoms. The fraction of sp³-hybridized carbons (Fsp3) is 0.375. The number of hydrogen-bond acceptors (Lipinski definition) is 6. The van der Waals surface area contributed by atoms with Crippen molar-refractivity contribution in [1.82, 2.24) is 9.62 Å². The number of amides is 3. The molecule has 3 atom stereocenters. The van der Waals surface area contributed by atoms with Gasteiger partial charge in [-0.3, -0.25) is 19.0 Å². The Balaban J connectivity index is 1.68. The van der Waals surface area contributed by atoms with Crippen molar-refractivity contribution in [2.75, 3.05) is 13.1 Å². The van der Waals surface area contributed by atoms with Gasteiger partial charge in [-0.2, -0.15) is 0 Å². The standard InChI is InChI=1S/C24H25Br2N3O6S/c1-24(2,3)29(23(32)33)13-15(27-36(34,35)20-10-14(25)8-9-19(20)26)11-16(29)12-28-21(30)17-6-4-5-7-18(17)22(28)31/h4-10,15-16,27H,11-13H2,1-3H3/t15-,16-,29?/m1/s1. The van der Waals surface area contributed by atoms with E-state index in [-0.39, 0.29) is 35.5 Å². The Morgan fingerprint density at radius 1 is 1.11 bits per heavy atom. The topological polar surface area (TPSA) is 124 Å². The second kappa shape index (κ2) is 9.32. The largest absolute Gasteiger partial charge is 0.498 e. The van der Waals surface area contributed by atoms with E-state index in [1.165, 1.54) is 6.07 Å². The summed E-state index contributed by atoms with van der Waals surface area (Å²) in [5, 5.41) is 12.7. The van der Waals surface area contributed by atoms with Crippen LogP contribution >= 0.6 is 31.9 Å². The van der Waals surface area contributed by atoms with Crippen LogP contribution in [0.25, 0.3) is 0 Å². The molecular weight excluding hydrogens is 618 g/mol. The molecular formula is C24H25Br2N3O6S. The van der Waals surface area contributed by atoms with E-state index in [4.69, 9.17) is 0 Å². The van der Waals surface area contributed by atoms with Gasteiger partial charge in [-0.25, -0.2) is 13.1 Å². The molecule has 1 saturated heterocycles. The molecule has 2 aliphatic rings. The van der Waals surface area contributed by atoms with Gasteiger partial charge < -0.3 is 9.90 Å². The molecule has 0 radical (unpaired) electrons. The number of benzene rings is 2. The van der Waals surface area contributed by atoms with Crippen LogP contribution in [0.15, 0.2) is 56.3 Å². The Labute approximate surface area is 226 Å². The summed E-state index contributed by atoms with van der Waals surface area (Å²) in [6, 6.07) is 9.58. The summed E-state index contributed by atoms with van der Waals surface area (Å²) in [7, 11) is -4.03. The number of likely N-dealkylation sites (tertiary alicyclic amines) is 1. The van der Waals surface area contributed by atoms with E-state index in [1.54, 1.807) is 57.2 Å². The highest BCUT2D eigenvalue weighted by Crippen LogP contribution is 2.39. The lowest BCUT2D eigenvalue weighted by Gasteiger charge is -2.49. The molecule has 3 amide bonds. The van der Waals surface area contributed by atoms with Gasteiger partial charge in [0.25, 0.3) is 17.9 Å². The van der Waals surface area contributed by atoms with E-state index in [9.17, 15) is 27.9 Å². The van der Waals surface area contributed by atoms with Gasteiger partial charge in [0.2, 0.25) is 10.0 Å². The summed E-state index contributed by atoms with van der Waals surface area (Å²) < 4.78 is 29.4. The van der Waals surface area contributed by atoms with E-state index in [1.807, 2.05) is 0 Å². The predicted octanol–water partition coefficient (Wildman–Crippen LogP) is 2.89. The van der Waals surface area contributed by atoms with E-state index < -0.39 is 50.0 Å². The third kappa shape index (κ3) is 4.43. The van der Waals surface area contributed by atoms with Crippen LogP contribution in [0.2, 0.25) is 0 Å². The van der Waals surface area contributed by atoms with Crippen LogP contribution in [0.4, 0.5) is 4.79 Å². The minimum absolute atomic E-state index is 0.00276. The molecule has 0 bridgehead atoms. The fourth-order valence-corrected chi connectivity index (χ4v) is 8.02. The van der Waals surface area contributed by atoms with Crippen molar-refractivity contribution >= 4 is 59.8 Å². The monoisotopic (exact) mass is 641 g/mol.